The van der Waals surface area contributed by atoms with E-state index in [0.717, 1.165) is 16.7 Å². The van der Waals surface area contributed by atoms with Gasteiger partial charge in [0.15, 0.2) is 5.49 Å². The van der Waals surface area contributed by atoms with Crippen molar-refractivity contribution in [2.24, 2.45) is 4.99 Å². The lowest BCUT2D eigenvalue weighted by Crippen LogP contribution is -2.34. The smallest absolute Gasteiger partial charge is 0.341 e. The second-order valence-corrected chi connectivity index (χ2v) is 10.3. The first-order chi connectivity index (χ1) is 21.5. The topological polar surface area (TPSA) is 95.0 Å². The molecule has 0 fully saturated rings. The highest BCUT2D eigenvalue weighted by molar-refractivity contribution is 5.94. The Hall–Kier alpha value is -5.63. The van der Waals surface area contributed by atoms with Gasteiger partial charge in [0.25, 0.3) is 11.5 Å². The van der Waals surface area contributed by atoms with Crippen LogP contribution in [0.4, 0.5) is 0 Å². The number of carbonyl (C=O) groups is 2. The molecule has 6 rings (SSSR count). The molecule has 0 spiro atoms. The summed E-state index contributed by atoms with van der Waals surface area (Å²) in [5, 5.41) is 0.221. The van der Waals surface area contributed by atoms with E-state index in [1.807, 2.05) is 91.0 Å². The van der Waals surface area contributed by atoms with Crippen molar-refractivity contribution < 1.29 is 14.3 Å². The maximum absolute atomic E-state index is 14.3. The van der Waals surface area contributed by atoms with Gasteiger partial charge in [-0.05, 0) is 48.2 Å². The van der Waals surface area contributed by atoms with E-state index < -0.39 is 17.8 Å². The Morgan fingerprint density at radius 1 is 0.841 bits per heavy atom. The highest BCUT2D eigenvalue weighted by Gasteiger charge is 2.25. The van der Waals surface area contributed by atoms with Crippen molar-refractivity contribution in [3.8, 4) is 0 Å². The van der Waals surface area contributed by atoms with Crippen LogP contribution >= 0.6 is 0 Å². The number of aromatic nitrogens is 3. The van der Waals surface area contributed by atoms with E-state index in [4.69, 9.17) is 9.72 Å². The highest BCUT2D eigenvalue weighted by Crippen LogP contribution is 2.26. The first kappa shape index (κ1) is 28.5. The van der Waals surface area contributed by atoms with Crippen LogP contribution in [-0.4, -0.2) is 32.4 Å². The zero-order chi connectivity index (χ0) is 30.5. The van der Waals surface area contributed by atoms with E-state index in [1.54, 1.807) is 35.9 Å². The molecule has 0 bridgehead atoms. The zero-order valence-corrected chi connectivity index (χ0v) is 24.2. The number of carbonyl (C=O) groups excluding carboxylic acids is 2. The van der Waals surface area contributed by atoms with E-state index in [0.29, 0.717) is 24.3 Å². The lowest BCUT2D eigenvalue weighted by Gasteiger charge is -2.17. The molecule has 8 heteroatoms. The van der Waals surface area contributed by atoms with Crippen molar-refractivity contribution in [1.82, 2.24) is 14.0 Å². The molecule has 0 saturated carbocycles. The van der Waals surface area contributed by atoms with Crippen LogP contribution < -0.4 is 11.0 Å². The molecule has 0 atom stereocenters. The lowest BCUT2D eigenvalue weighted by atomic mass is 9.91. The van der Waals surface area contributed by atoms with Gasteiger partial charge in [0, 0.05) is 12.7 Å². The molecule has 44 heavy (non-hydrogen) atoms. The molecular formula is C36H30N4O4. The minimum absolute atomic E-state index is 0.0235. The summed E-state index contributed by atoms with van der Waals surface area (Å²) in [6.07, 6.45) is 2.18. The summed E-state index contributed by atoms with van der Waals surface area (Å²) >= 11 is 0. The van der Waals surface area contributed by atoms with Gasteiger partial charge in [-0.1, -0.05) is 97.1 Å². The van der Waals surface area contributed by atoms with Crippen molar-refractivity contribution in [3.05, 3.63) is 160 Å². The first-order valence-corrected chi connectivity index (χ1v) is 14.5. The summed E-state index contributed by atoms with van der Waals surface area (Å²) in [5.74, 6) is -1.86. The van der Waals surface area contributed by atoms with Crippen LogP contribution in [0.1, 0.15) is 39.9 Å². The lowest BCUT2D eigenvalue weighted by molar-refractivity contribution is -0.118. The molecule has 8 nitrogen and oxygen atoms in total. The number of fused-ring (bicyclic) bond motifs is 2. The Balaban J connectivity index is 1.65. The number of benzene rings is 3. The summed E-state index contributed by atoms with van der Waals surface area (Å²) in [7, 11) is 0. The molecule has 3 aromatic carbocycles. The average Bonchev–Trinajstić information content (AvgIpc) is 3.06. The second-order valence-electron chi connectivity index (χ2n) is 10.3. The van der Waals surface area contributed by atoms with Gasteiger partial charge < -0.3 is 9.30 Å². The molecule has 6 aromatic rings. The average molecular weight is 583 g/mol. The predicted octanol–water partition coefficient (Wildman–Crippen LogP) is 5.33. The molecule has 0 aliphatic heterocycles. The van der Waals surface area contributed by atoms with Crippen molar-refractivity contribution in [1.29, 1.82) is 0 Å². The fourth-order valence-corrected chi connectivity index (χ4v) is 5.39. The quantitative estimate of drug-likeness (QED) is 0.179. The first-order valence-electron chi connectivity index (χ1n) is 14.5. The summed E-state index contributed by atoms with van der Waals surface area (Å²) in [5.41, 5.74) is 3.12. The Kier molecular flexibility index (Phi) is 8.23. The van der Waals surface area contributed by atoms with Crippen molar-refractivity contribution in [3.63, 3.8) is 0 Å². The van der Waals surface area contributed by atoms with Gasteiger partial charge in [-0.3, -0.25) is 14.0 Å². The number of nitrogens with zero attached hydrogens (tertiary/aromatic N) is 4. The van der Waals surface area contributed by atoms with Crippen LogP contribution in [0, 0.1) is 0 Å². The Labute approximate surface area is 253 Å². The molecule has 0 radical (unpaired) electrons. The third-order valence-electron chi connectivity index (χ3n) is 7.48. The van der Waals surface area contributed by atoms with Gasteiger partial charge in [-0.2, -0.15) is 4.99 Å². The molecule has 0 saturated heterocycles. The van der Waals surface area contributed by atoms with Crippen molar-refractivity contribution in [2.45, 2.75) is 25.8 Å². The Morgan fingerprint density at radius 2 is 1.45 bits per heavy atom. The fraction of sp³-hybridized carbons (Fsp3) is 0.139. The fourth-order valence-electron chi connectivity index (χ4n) is 5.39. The number of esters is 1. The van der Waals surface area contributed by atoms with Gasteiger partial charge in [0.1, 0.15) is 16.9 Å². The molecule has 0 aliphatic carbocycles. The third kappa shape index (κ3) is 5.70. The van der Waals surface area contributed by atoms with Crippen molar-refractivity contribution in [2.75, 3.05) is 6.61 Å². The van der Waals surface area contributed by atoms with Crippen LogP contribution in [-0.2, 0) is 22.5 Å². The van der Waals surface area contributed by atoms with E-state index in [2.05, 4.69) is 4.99 Å². The van der Waals surface area contributed by atoms with E-state index >= 15 is 0 Å². The summed E-state index contributed by atoms with van der Waals surface area (Å²) < 4.78 is 8.56. The van der Waals surface area contributed by atoms with Crippen LogP contribution in [0.15, 0.2) is 131 Å². The standard InChI is InChI=1S/C36H30N4O4/c1-2-44-36(43)29-24-28-32(37-30-20-12-13-22-39(30)35(28)42)40(23-21-25-14-6-3-7-15-25)33(29)38-34(41)31(26-16-8-4-9-17-26)27-18-10-5-11-19-27/h3-20,22,24,31H,2,21,23H2,1H3. The minimum Gasteiger partial charge on any atom is -0.462 e. The number of hydrogen-bond donors (Lipinski definition) is 0. The molecular weight excluding hydrogens is 552 g/mol. The van der Waals surface area contributed by atoms with Gasteiger partial charge in [-0.15, -0.1) is 0 Å². The van der Waals surface area contributed by atoms with Gasteiger partial charge in [0.2, 0.25) is 0 Å². The van der Waals surface area contributed by atoms with Crippen molar-refractivity contribution >= 4 is 28.6 Å². The van der Waals surface area contributed by atoms with Crippen LogP contribution in [0.3, 0.4) is 0 Å². The Morgan fingerprint density at radius 3 is 2.09 bits per heavy atom. The largest absolute Gasteiger partial charge is 0.462 e. The monoisotopic (exact) mass is 582 g/mol. The normalized spacial score (nSPS) is 11.7. The number of aryl methyl sites for hydroxylation is 2. The summed E-state index contributed by atoms with van der Waals surface area (Å²) in [6.45, 7) is 2.12. The zero-order valence-electron chi connectivity index (χ0n) is 24.2. The molecule has 1 amide bonds. The minimum atomic E-state index is -0.721. The number of hydrogen-bond acceptors (Lipinski definition) is 5. The SMILES string of the molecule is CCOC(=O)c1cc2c(=O)n3ccccc3nc2n(CCc2ccccc2)c1=NC(=O)C(c1ccccc1)c1ccccc1. The molecule has 3 heterocycles. The van der Waals surface area contributed by atoms with E-state index in [-0.39, 0.29) is 28.6 Å². The second kappa shape index (κ2) is 12.7. The molecule has 0 N–H and O–H groups in total. The number of ether oxygens (including phenoxy) is 1. The van der Waals surface area contributed by atoms with Gasteiger partial charge >= 0.3 is 5.97 Å². The van der Waals surface area contributed by atoms with Crippen LogP contribution in [0.25, 0.3) is 16.7 Å². The highest BCUT2D eigenvalue weighted by atomic mass is 16.5. The van der Waals surface area contributed by atoms with E-state index in [9.17, 15) is 14.4 Å². The van der Waals surface area contributed by atoms with Gasteiger partial charge in [-0.25, -0.2) is 9.78 Å². The maximum Gasteiger partial charge on any atom is 0.341 e. The number of amides is 1. The maximum atomic E-state index is 14.3. The summed E-state index contributed by atoms with van der Waals surface area (Å²) in [4.78, 5) is 50.9. The number of pyridine rings is 2. The molecule has 0 unspecified atom stereocenters. The predicted molar refractivity (Wildman–Crippen MR) is 168 cm³/mol. The van der Waals surface area contributed by atoms with Gasteiger partial charge in [0.05, 0.1) is 17.9 Å². The van der Waals surface area contributed by atoms with Crippen LogP contribution in [0.5, 0.6) is 0 Å². The van der Waals surface area contributed by atoms with Crippen LogP contribution in [0.2, 0.25) is 0 Å². The molecule has 3 aromatic heterocycles. The number of rotatable bonds is 8. The Bertz CT molecular complexity index is 2050. The molecule has 0 aliphatic rings. The summed E-state index contributed by atoms with van der Waals surface area (Å²) in [6, 6.07) is 35.4. The molecule has 218 valence electrons. The van der Waals surface area contributed by atoms with E-state index in [1.165, 1.54) is 10.5 Å². The third-order valence-corrected chi connectivity index (χ3v) is 7.48.